The lowest BCUT2D eigenvalue weighted by molar-refractivity contribution is -0.137. The third-order valence-corrected chi connectivity index (χ3v) is 3.72. The van der Waals surface area contributed by atoms with E-state index in [1.807, 2.05) is 0 Å². The molecule has 3 aromatic rings. The van der Waals surface area contributed by atoms with E-state index in [1.165, 1.54) is 41.5 Å². The second-order valence-electron chi connectivity index (χ2n) is 5.36. The number of alkyl halides is 3. The smallest absolute Gasteiger partial charge is 0.418 e. The van der Waals surface area contributed by atoms with Gasteiger partial charge in [0.2, 0.25) is 0 Å². The Balaban J connectivity index is 1.73. The van der Waals surface area contributed by atoms with Crippen molar-refractivity contribution in [1.29, 1.82) is 0 Å². The molecule has 1 aromatic heterocycles. The predicted molar refractivity (Wildman–Crippen MR) is 91.9 cm³/mol. The van der Waals surface area contributed by atoms with Gasteiger partial charge in [0, 0.05) is 5.02 Å². The third-order valence-electron chi connectivity index (χ3n) is 3.48. The Kier molecular flexibility index (Phi) is 5.31. The first kappa shape index (κ1) is 18.7. The first-order chi connectivity index (χ1) is 12.8. The molecule has 0 fully saturated rings. The third kappa shape index (κ3) is 4.56. The highest BCUT2D eigenvalue weighted by Crippen LogP contribution is 2.34. The van der Waals surface area contributed by atoms with E-state index in [0.717, 1.165) is 6.07 Å². The Hall–Kier alpha value is -3.07. The van der Waals surface area contributed by atoms with Crippen LogP contribution in [0.1, 0.15) is 5.56 Å². The van der Waals surface area contributed by atoms with Crippen molar-refractivity contribution in [2.75, 3.05) is 11.9 Å². The average Bonchev–Trinajstić information content (AvgIpc) is 3.14. The normalized spacial score (nSPS) is 11.3. The number of benzene rings is 2. The SMILES string of the molecule is O=C(COc1ccc(Cl)cc1-n1cnnc1)Nc1ccccc1C(F)(F)F. The van der Waals surface area contributed by atoms with Gasteiger partial charge in [0.05, 0.1) is 16.9 Å². The molecule has 0 aliphatic heterocycles. The number of anilines is 1. The highest BCUT2D eigenvalue weighted by Gasteiger charge is 2.33. The monoisotopic (exact) mass is 396 g/mol. The Labute approximate surface area is 156 Å². The molecule has 27 heavy (non-hydrogen) atoms. The zero-order valence-electron chi connectivity index (χ0n) is 13.6. The molecule has 0 radical (unpaired) electrons. The lowest BCUT2D eigenvalue weighted by atomic mass is 10.1. The van der Waals surface area contributed by atoms with Gasteiger partial charge in [-0.1, -0.05) is 23.7 Å². The van der Waals surface area contributed by atoms with Gasteiger partial charge in [-0.2, -0.15) is 13.2 Å². The Bertz CT molecular complexity index is 946. The van der Waals surface area contributed by atoms with Crippen LogP contribution in [0.4, 0.5) is 18.9 Å². The minimum atomic E-state index is -4.58. The summed E-state index contributed by atoms with van der Waals surface area (Å²) in [6.07, 6.45) is -1.75. The molecule has 3 rings (SSSR count). The van der Waals surface area contributed by atoms with E-state index in [4.69, 9.17) is 16.3 Å². The predicted octanol–water partition coefficient (Wildman–Crippen LogP) is 3.96. The van der Waals surface area contributed by atoms with Crippen LogP contribution < -0.4 is 10.1 Å². The van der Waals surface area contributed by atoms with E-state index in [9.17, 15) is 18.0 Å². The number of amides is 1. The summed E-state index contributed by atoms with van der Waals surface area (Å²) >= 11 is 5.97. The van der Waals surface area contributed by atoms with Crippen molar-refractivity contribution in [2.24, 2.45) is 0 Å². The van der Waals surface area contributed by atoms with E-state index < -0.39 is 24.3 Å². The van der Waals surface area contributed by atoms with Crippen LogP contribution >= 0.6 is 11.6 Å². The van der Waals surface area contributed by atoms with Crippen molar-refractivity contribution < 1.29 is 22.7 Å². The zero-order valence-corrected chi connectivity index (χ0v) is 14.3. The second kappa shape index (κ2) is 7.67. The van der Waals surface area contributed by atoms with Crippen molar-refractivity contribution >= 4 is 23.2 Å². The van der Waals surface area contributed by atoms with Gasteiger partial charge < -0.3 is 10.1 Å². The molecule has 0 atom stereocenters. The molecular weight excluding hydrogens is 385 g/mol. The topological polar surface area (TPSA) is 69.0 Å². The standard InChI is InChI=1S/C17H12ClF3N4O2/c18-11-5-6-15(14(7-11)25-9-22-23-10-25)27-8-16(26)24-13-4-2-1-3-12(13)17(19,20)21/h1-7,9-10H,8H2,(H,24,26). The average molecular weight is 397 g/mol. The minimum absolute atomic E-state index is 0.290. The van der Waals surface area contributed by atoms with Gasteiger partial charge in [0.1, 0.15) is 18.4 Å². The summed E-state index contributed by atoms with van der Waals surface area (Å²) < 4.78 is 45.9. The summed E-state index contributed by atoms with van der Waals surface area (Å²) in [5.41, 5.74) is -0.792. The molecule has 2 aromatic carbocycles. The molecule has 0 unspecified atom stereocenters. The first-order valence-electron chi connectivity index (χ1n) is 7.58. The van der Waals surface area contributed by atoms with Crippen LogP contribution in [-0.4, -0.2) is 27.3 Å². The minimum Gasteiger partial charge on any atom is -0.482 e. The van der Waals surface area contributed by atoms with Crippen LogP contribution in [-0.2, 0) is 11.0 Å². The van der Waals surface area contributed by atoms with Crippen molar-refractivity contribution in [2.45, 2.75) is 6.18 Å². The highest BCUT2D eigenvalue weighted by molar-refractivity contribution is 6.30. The molecule has 0 saturated carbocycles. The van der Waals surface area contributed by atoms with Crippen molar-refractivity contribution in [3.05, 3.63) is 65.7 Å². The maximum absolute atomic E-state index is 13.0. The van der Waals surface area contributed by atoms with Crippen LogP contribution in [0.25, 0.3) is 5.69 Å². The molecule has 10 heteroatoms. The number of hydrogen-bond donors (Lipinski definition) is 1. The quantitative estimate of drug-likeness (QED) is 0.709. The van der Waals surface area contributed by atoms with Gasteiger partial charge in [0.15, 0.2) is 6.61 Å². The largest absolute Gasteiger partial charge is 0.482 e. The molecule has 0 aliphatic rings. The fourth-order valence-electron chi connectivity index (χ4n) is 2.31. The van der Waals surface area contributed by atoms with Crippen molar-refractivity contribution in [3.8, 4) is 11.4 Å². The number of para-hydroxylation sites is 1. The van der Waals surface area contributed by atoms with Gasteiger partial charge in [-0.25, -0.2) is 0 Å². The van der Waals surface area contributed by atoms with E-state index in [1.54, 1.807) is 12.1 Å². The number of carbonyl (C=O) groups is 1. The maximum atomic E-state index is 13.0. The van der Waals surface area contributed by atoms with Crippen LogP contribution in [0.5, 0.6) is 5.75 Å². The zero-order chi connectivity index (χ0) is 19.4. The summed E-state index contributed by atoms with van der Waals surface area (Å²) in [5, 5.41) is 10.0. The number of ether oxygens (including phenoxy) is 1. The van der Waals surface area contributed by atoms with Gasteiger partial charge >= 0.3 is 6.18 Å². The molecule has 1 heterocycles. The number of halogens is 4. The van der Waals surface area contributed by atoms with Crippen LogP contribution in [0.3, 0.4) is 0 Å². The second-order valence-corrected chi connectivity index (χ2v) is 5.80. The van der Waals surface area contributed by atoms with E-state index in [2.05, 4.69) is 15.5 Å². The number of hydrogen-bond acceptors (Lipinski definition) is 4. The summed E-state index contributed by atoms with van der Waals surface area (Å²) in [4.78, 5) is 12.1. The first-order valence-corrected chi connectivity index (χ1v) is 7.96. The van der Waals surface area contributed by atoms with Crippen LogP contribution in [0, 0.1) is 0 Å². The van der Waals surface area contributed by atoms with Gasteiger partial charge in [-0.15, -0.1) is 10.2 Å². The van der Waals surface area contributed by atoms with Gasteiger partial charge in [-0.3, -0.25) is 9.36 Å². The molecule has 0 spiro atoms. The number of rotatable bonds is 5. The molecular formula is C17H12ClF3N4O2. The molecule has 140 valence electrons. The summed E-state index contributed by atoms with van der Waals surface area (Å²) in [5.74, 6) is -0.449. The van der Waals surface area contributed by atoms with E-state index in [0.29, 0.717) is 16.5 Å². The lowest BCUT2D eigenvalue weighted by Gasteiger charge is -2.15. The number of nitrogens with zero attached hydrogens (tertiary/aromatic N) is 3. The molecule has 1 N–H and O–H groups in total. The Morgan fingerprint density at radius 3 is 2.56 bits per heavy atom. The fourth-order valence-corrected chi connectivity index (χ4v) is 2.47. The molecule has 0 saturated heterocycles. The van der Waals surface area contributed by atoms with Gasteiger partial charge in [-0.05, 0) is 30.3 Å². The Morgan fingerprint density at radius 1 is 1.15 bits per heavy atom. The fraction of sp³-hybridized carbons (Fsp3) is 0.118. The van der Waals surface area contributed by atoms with E-state index in [-0.39, 0.29) is 5.69 Å². The number of aromatic nitrogens is 3. The molecule has 6 nitrogen and oxygen atoms in total. The highest BCUT2D eigenvalue weighted by atomic mass is 35.5. The van der Waals surface area contributed by atoms with E-state index >= 15 is 0 Å². The van der Waals surface area contributed by atoms with Crippen molar-refractivity contribution in [3.63, 3.8) is 0 Å². The molecule has 0 aliphatic carbocycles. The molecule has 0 bridgehead atoms. The van der Waals surface area contributed by atoms with Crippen molar-refractivity contribution in [1.82, 2.24) is 14.8 Å². The van der Waals surface area contributed by atoms with Crippen LogP contribution in [0.15, 0.2) is 55.1 Å². The number of nitrogens with one attached hydrogen (secondary N) is 1. The lowest BCUT2D eigenvalue weighted by Crippen LogP contribution is -2.22. The summed E-state index contributed by atoms with van der Waals surface area (Å²) in [7, 11) is 0. The number of carbonyl (C=O) groups excluding carboxylic acids is 1. The summed E-state index contributed by atoms with van der Waals surface area (Å²) in [6.45, 7) is -0.497. The van der Waals surface area contributed by atoms with Gasteiger partial charge in [0.25, 0.3) is 5.91 Å². The maximum Gasteiger partial charge on any atom is 0.418 e. The van der Waals surface area contributed by atoms with Crippen LogP contribution in [0.2, 0.25) is 5.02 Å². The summed E-state index contributed by atoms with van der Waals surface area (Å²) in [6, 6.07) is 9.38. The Morgan fingerprint density at radius 2 is 1.85 bits per heavy atom. The molecule has 1 amide bonds.